The van der Waals surface area contributed by atoms with E-state index in [-0.39, 0.29) is 5.88 Å². The molecule has 0 saturated carbocycles. The number of hydrogen-bond donors (Lipinski definition) is 1. The molecule has 0 bridgehead atoms. The Kier molecular flexibility index (Phi) is 3.09. The van der Waals surface area contributed by atoms with Crippen LogP contribution in [0.4, 0.5) is 0 Å². The van der Waals surface area contributed by atoms with Gasteiger partial charge in [0.25, 0.3) is 0 Å². The van der Waals surface area contributed by atoms with Gasteiger partial charge in [-0.05, 0) is 18.2 Å². The molecule has 0 spiro atoms. The van der Waals surface area contributed by atoms with E-state index in [2.05, 4.69) is 11.6 Å². The predicted octanol–water partition coefficient (Wildman–Crippen LogP) is 1.51. The monoisotopic (exact) mass is 176 g/mol. The zero-order valence-corrected chi connectivity index (χ0v) is 7.51. The van der Waals surface area contributed by atoms with Crippen LogP contribution < -0.4 is 5.49 Å². The molecule has 0 unspecified atom stereocenters. The minimum Gasteiger partial charge on any atom is -0.493 e. The van der Waals surface area contributed by atoms with E-state index < -0.39 is 0 Å². The molecule has 0 aliphatic rings. The Morgan fingerprint density at radius 2 is 2.38 bits per heavy atom. The molecule has 0 atom stereocenters. The molecule has 0 radical (unpaired) electrons. The molecule has 1 heterocycles. The number of rotatable bonds is 2. The maximum atomic E-state index is 9.24. The molecule has 0 fully saturated rings. The van der Waals surface area contributed by atoms with Gasteiger partial charge in [0, 0.05) is 13.2 Å². The van der Waals surface area contributed by atoms with Crippen LogP contribution in [0.15, 0.2) is 54.0 Å². The van der Waals surface area contributed by atoms with Crippen LogP contribution in [-0.4, -0.2) is 9.67 Å². The number of aryl methyl sites for hydroxylation is 1. The lowest BCUT2D eigenvalue weighted by atomic mass is 10.5. The predicted molar refractivity (Wildman–Crippen MR) is 51.9 cm³/mol. The van der Waals surface area contributed by atoms with Crippen molar-refractivity contribution in [2.24, 2.45) is 12.0 Å². The summed E-state index contributed by atoms with van der Waals surface area (Å²) in [6.07, 6.45) is 4.79. The van der Waals surface area contributed by atoms with E-state index in [1.165, 1.54) is 12.2 Å². The molecule has 1 rings (SSSR count). The number of pyridine rings is 1. The lowest BCUT2D eigenvalue weighted by Crippen LogP contribution is -2.15. The largest absolute Gasteiger partial charge is 0.493 e. The number of aromatic nitrogens is 1. The summed E-state index contributed by atoms with van der Waals surface area (Å²) in [6.45, 7) is 3.46. The summed E-state index contributed by atoms with van der Waals surface area (Å²) < 4.78 is 1.81. The molecular weight excluding hydrogens is 164 g/mol. The maximum absolute atomic E-state index is 9.24. The van der Waals surface area contributed by atoms with E-state index >= 15 is 0 Å². The van der Waals surface area contributed by atoms with Gasteiger partial charge in [-0.15, -0.1) is 0 Å². The normalized spacial score (nSPS) is 13.0. The summed E-state index contributed by atoms with van der Waals surface area (Å²) >= 11 is 0. The van der Waals surface area contributed by atoms with Crippen molar-refractivity contribution < 1.29 is 5.11 Å². The molecule has 13 heavy (non-hydrogen) atoms. The summed E-state index contributed by atoms with van der Waals surface area (Å²) in [7, 11) is 1.86. The van der Waals surface area contributed by atoms with Crippen molar-refractivity contribution in [2.45, 2.75) is 0 Å². The highest BCUT2D eigenvalue weighted by Gasteiger charge is 1.86. The third kappa shape index (κ3) is 2.63. The number of aliphatic hydroxyl groups excluding tert-OH is 1. The first kappa shape index (κ1) is 9.32. The number of nitrogens with zero attached hydrogens (tertiary/aromatic N) is 2. The van der Waals surface area contributed by atoms with Crippen LogP contribution in [0, 0.1) is 0 Å². The highest BCUT2D eigenvalue weighted by Crippen LogP contribution is 1.88. The lowest BCUT2D eigenvalue weighted by molar-refractivity contribution is 0.401. The van der Waals surface area contributed by atoms with Crippen molar-refractivity contribution in [1.29, 1.82) is 0 Å². The van der Waals surface area contributed by atoms with Crippen LogP contribution in [0.1, 0.15) is 0 Å². The van der Waals surface area contributed by atoms with Gasteiger partial charge in [-0.3, -0.25) is 0 Å². The first-order chi connectivity index (χ1) is 6.24. The van der Waals surface area contributed by atoms with Crippen molar-refractivity contribution in [3.63, 3.8) is 0 Å². The van der Waals surface area contributed by atoms with Gasteiger partial charge < -0.3 is 9.67 Å². The van der Waals surface area contributed by atoms with Crippen LogP contribution in [0.2, 0.25) is 0 Å². The lowest BCUT2D eigenvalue weighted by Gasteiger charge is -1.97. The Labute approximate surface area is 77.0 Å². The quantitative estimate of drug-likeness (QED) is 0.538. The Morgan fingerprint density at radius 1 is 1.62 bits per heavy atom. The van der Waals surface area contributed by atoms with Crippen molar-refractivity contribution in [3.8, 4) is 0 Å². The van der Waals surface area contributed by atoms with Crippen molar-refractivity contribution in [1.82, 2.24) is 4.57 Å². The van der Waals surface area contributed by atoms with Crippen LogP contribution in [-0.2, 0) is 7.05 Å². The number of hydrogen-bond acceptors (Lipinski definition) is 2. The van der Waals surface area contributed by atoms with Gasteiger partial charge in [-0.25, -0.2) is 0 Å². The Hall–Kier alpha value is -1.77. The maximum Gasteiger partial charge on any atom is 0.212 e. The molecule has 3 heteroatoms. The minimum atomic E-state index is -0.0446. The smallest absolute Gasteiger partial charge is 0.212 e. The second-order valence-electron chi connectivity index (χ2n) is 2.54. The second-order valence-corrected chi connectivity index (χ2v) is 2.54. The zero-order valence-electron chi connectivity index (χ0n) is 7.51. The number of allylic oxidation sites excluding steroid dienone is 2. The standard InChI is InChI=1S/C10H12N2O/c1-3-6-10(13)11-9-7-4-5-8-12(9)2/h3-8,13H,1H2,2H3/b10-6+,11-9-. The topological polar surface area (TPSA) is 37.5 Å². The van der Waals surface area contributed by atoms with Crippen LogP contribution >= 0.6 is 0 Å². The molecule has 1 aromatic rings. The van der Waals surface area contributed by atoms with E-state index in [0.717, 1.165) is 0 Å². The molecule has 1 aromatic heterocycles. The molecule has 1 N–H and O–H groups in total. The first-order valence-corrected chi connectivity index (χ1v) is 3.92. The highest BCUT2D eigenvalue weighted by atomic mass is 16.3. The second kappa shape index (κ2) is 4.30. The zero-order chi connectivity index (χ0) is 9.68. The van der Waals surface area contributed by atoms with Crippen molar-refractivity contribution in [3.05, 3.63) is 54.5 Å². The number of aliphatic hydroxyl groups is 1. The van der Waals surface area contributed by atoms with E-state index in [1.807, 2.05) is 36.0 Å². The Bertz CT molecular complexity index is 388. The van der Waals surface area contributed by atoms with Crippen LogP contribution in [0.25, 0.3) is 0 Å². The van der Waals surface area contributed by atoms with Gasteiger partial charge in [0.1, 0.15) is 5.49 Å². The highest BCUT2D eigenvalue weighted by molar-refractivity contribution is 5.03. The summed E-state index contributed by atoms with van der Waals surface area (Å²) in [6, 6.07) is 5.57. The molecule has 0 saturated heterocycles. The van der Waals surface area contributed by atoms with Gasteiger partial charge in [0.05, 0.1) is 0 Å². The van der Waals surface area contributed by atoms with E-state index in [1.54, 1.807) is 0 Å². The SMILES string of the molecule is C=C/C=C(O)\N=c1\ccccn1C. The molecule has 0 aromatic carbocycles. The first-order valence-electron chi connectivity index (χ1n) is 3.92. The Morgan fingerprint density at radius 3 is 3.00 bits per heavy atom. The van der Waals surface area contributed by atoms with Crippen LogP contribution in [0.5, 0.6) is 0 Å². The van der Waals surface area contributed by atoms with Crippen molar-refractivity contribution >= 4 is 0 Å². The fourth-order valence-electron chi connectivity index (χ4n) is 0.891. The van der Waals surface area contributed by atoms with E-state index in [4.69, 9.17) is 0 Å². The molecule has 0 aliphatic heterocycles. The van der Waals surface area contributed by atoms with Gasteiger partial charge in [-0.1, -0.05) is 18.7 Å². The Balaban J connectivity index is 3.14. The van der Waals surface area contributed by atoms with Gasteiger partial charge in [0.15, 0.2) is 0 Å². The van der Waals surface area contributed by atoms with Crippen molar-refractivity contribution in [2.75, 3.05) is 0 Å². The summed E-state index contributed by atoms with van der Waals surface area (Å²) in [5.74, 6) is -0.0446. The van der Waals surface area contributed by atoms with Gasteiger partial charge in [0.2, 0.25) is 5.88 Å². The van der Waals surface area contributed by atoms with E-state index in [0.29, 0.717) is 5.49 Å². The molecule has 0 amide bonds. The summed E-state index contributed by atoms with van der Waals surface area (Å²) in [5, 5.41) is 9.24. The minimum absolute atomic E-state index is 0.0446. The average molecular weight is 176 g/mol. The third-order valence-corrected chi connectivity index (χ3v) is 1.52. The van der Waals surface area contributed by atoms with Crippen LogP contribution in [0.3, 0.4) is 0 Å². The fourth-order valence-corrected chi connectivity index (χ4v) is 0.891. The summed E-state index contributed by atoms with van der Waals surface area (Å²) in [5.41, 5.74) is 0.693. The third-order valence-electron chi connectivity index (χ3n) is 1.52. The molecule has 68 valence electrons. The molecular formula is C10H12N2O. The van der Waals surface area contributed by atoms with Gasteiger partial charge >= 0.3 is 0 Å². The van der Waals surface area contributed by atoms with E-state index in [9.17, 15) is 5.11 Å². The molecule has 0 aliphatic carbocycles. The van der Waals surface area contributed by atoms with Gasteiger partial charge in [-0.2, -0.15) is 4.99 Å². The summed E-state index contributed by atoms with van der Waals surface area (Å²) in [4.78, 5) is 3.96. The fraction of sp³-hybridized carbons (Fsp3) is 0.100. The molecule has 3 nitrogen and oxygen atoms in total. The average Bonchev–Trinajstić information content (AvgIpc) is 2.09.